The normalized spacial score (nSPS) is 10.8. The fraction of sp³-hybridized carbons (Fsp3) is 0.455. The maximum Gasteiger partial charge on any atom is 0.310 e. The van der Waals surface area contributed by atoms with Gasteiger partial charge < -0.3 is 10.5 Å². The lowest BCUT2D eigenvalue weighted by molar-refractivity contribution is -0.142. The van der Waals surface area contributed by atoms with Crippen molar-refractivity contribution in [1.82, 2.24) is 4.98 Å². The van der Waals surface area contributed by atoms with Crippen molar-refractivity contribution in [2.45, 2.75) is 26.3 Å². The van der Waals surface area contributed by atoms with Gasteiger partial charge in [-0.3, -0.25) is 9.78 Å². The minimum Gasteiger partial charge on any atom is -0.466 e. The average Bonchev–Trinajstić information content (AvgIpc) is 2.31. The summed E-state index contributed by atoms with van der Waals surface area (Å²) in [5.74, 6) is -0.485. The maximum absolute atomic E-state index is 12.9. The van der Waals surface area contributed by atoms with Gasteiger partial charge in [0.15, 0.2) is 0 Å². The zero-order valence-corrected chi connectivity index (χ0v) is 11.3. The number of pyridine rings is 1. The number of rotatable bonds is 5. The molecule has 0 unspecified atom stereocenters. The molecule has 0 fully saturated rings. The lowest BCUT2D eigenvalue weighted by Gasteiger charge is -2.12. The van der Waals surface area contributed by atoms with Gasteiger partial charge in [0, 0.05) is 17.2 Å². The van der Waals surface area contributed by atoms with Crippen LogP contribution in [0, 0.1) is 0 Å². The number of halogens is 3. The monoisotopic (exact) mass is 322 g/mol. The van der Waals surface area contributed by atoms with E-state index in [1.807, 2.05) is 0 Å². The number of carbonyl (C=O) groups is 1. The largest absolute Gasteiger partial charge is 0.466 e. The van der Waals surface area contributed by atoms with Crippen LogP contribution in [0.25, 0.3) is 0 Å². The van der Waals surface area contributed by atoms with Gasteiger partial charge in [0.25, 0.3) is 6.43 Å². The fourth-order valence-electron chi connectivity index (χ4n) is 1.46. The number of ether oxygens (including phenoxy) is 1. The highest BCUT2D eigenvalue weighted by molar-refractivity contribution is 9.10. The molecule has 100 valence electrons. The molecule has 1 heterocycles. The molecule has 0 spiro atoms. The predicted molar refractivity (Wildman–Crippen MR) is 65.1 cm³/mol. The van der Waals surface area contributed by atoms with E-state index in [1.54, 1.807) is 6.92 Å². The molecule has 0 atom stereocenters. The zero-order valence-electron chi connectivity index (χ0n) is 9.75. The van der Waals surface area contributed by atoms with Crippen LogP contribution in [-0.4, -0.2) is 17.6 Å². The standard InChI is InChI=1S/C11H13BrF2N2O2/c1-2-18-8(17)3-6-5-16-7(4-15)9(10(6)12)11(13)14/h5,11H,2-4,15H2,1H3. The van der Waals surface area contributed by atoms with Gasteiger partial charge in [-0.2, -0.15) is 0 Å². The third kappa shape index (κ3) is 3.46. The molecule has 1 aromatic heterocycles. The second kappa shape index (κ2) is 6.75. The highest BCUT2D eigenvalue weighted by atomic mass is 79.9. The van der Waals surface area contributed by atoms with Crippen LogP contribution in [-0.2, 0) is 22.5 Å². The topological polar surface area (TPSA) is 65.2 Å². The minimum absolute atomic E-state index is 0.0854. The van der Waals surface area contributed by atoms with Crippen LogP contribution in [0.3, 0.4) is 0 Å². The van der Waals surface area contributed by atoms with Crippen molar-refractivity contribution in [1.29, 1.82) is 0 Å². The van der Waals surface area contributed by atoms with E-state index in [1.165, 1.54) is 6.20 Å². The van der Waals surface area contributed by atoms with E-state index in [0.29, 0.717) is 5.56 Å². The van der Waals surface area contributed by atoms with E-state index < -0.39 is 12.4 Å². The molecule has 18 heavy (non-hydrogen) atoms. The van der Waals surface area contributed by atoms with Gasteiger partial charge in [-0.25, -0.2) is 8.78 Å². The average molecular weight is 323 g/mol. The molecular formula is C11H13BrF2N2O2. The van der Waals surface area contributed by atoms with Crippen LogP contribution in [0.4, 0.5) is 8.78 Å². The Balaban J connectivity index is 3.08. The van der Waals surface area contributed by atoms with Crippen molar-refractivity contribution in [2.75, 3.05) is 6.61 Å². The molecule has 4 nitrogen and oxygen atoms in total. The third-order valence-corrected chi connectivity index (χ3v) is 3.19. The summed E-state index contributed by atoms with van der Waals surface area (Å²) in [6, 6.07) is 0. The first-order valence-electron chi connectivity index (χ1n) is 5.31. The number of carbonyl (C=O) groups excluding carboxylic acids is 1. The summed E-state index contributed by atoms with van der Waals surface area (Å²) >= 11 is 3.07. The van der Waals surface area contributed by atoms with Gasteiger partial charge in [0.1, 0.15) is 0 Å². The van der Waals surface area contributed by atoms with E-state index in [2.05, 4.69) is 20.9 Å². The highest BCUT2D eigenvalue weighted by Crippen LogP contribution is 2.32. The van der Waals surface area contributed by atoms with Crippen LogP contribution < -0.4 is 5.73 Å². The Labute approximate surface area is 112 Å². The fourth-order valence-corrected chi connectivity index (χ4v) is 2.10. The van der Waals surface area contributed by atoms with Gasteiger partial charge in [0.2, 0.25) is 0 Å². The summed E-state index contributed by atoms with van der Waals surface area (Å²) in [5, 5.41) is 0. The van der Waals surface area contributed by atoms with Gasteiger partial charge in [-0.05, 0) is 28.4 Å². The van der Waals surface area contributed by atoms with E-state index in [0.717, 1.165) is 0 Å². The van der Waals surface area contributed by atoms with Crippen LogP contribution in [0.15, 0.2) is 10.7 Å². The van der Waals surface area contributed by atoms with Crippen molar-refractivity contribution >= 4 is 21.9 Å². The lowest BCUT2D eigenvalue weighted by atomic mass is 10.1. The third-order valence-electron chi connectivity index (χ3n) is 2.26. The number of aromatic nitrogens is 1. The first-order chi connectivity index (χ1) is 8.51. The molecule has 7 heteroatoms. The quantitative estimate of drug-likeness (QED) is 0.845. The predicted octanol–water partition coefficient (Wildman–Crippen LogP) is 2.35. The number of hydrogen-bond acceptors (Lipinski definition) is 4. The summed E-state index contributed by atoms with van der Waals surface area (Å²) < 4.78 is 30.7. The Morgan fingerprint density at radius 2 is 2.28 bits per heavy atom. The van der Waals surface area contributed by atoms with E-state index in [9.17, 15) is 13.6 Å². The van der Waals surface area contributed by atoms with E-state index in [-0.39, 0.29) is 35.3 Å². The lowest BCUT2D eigenvalue weighted by Crippen LogP contribution is -2.12. The van der Waals surface area contributed by atoms with E-state index >= 15 is 0 Å². The number of nitrogens with zero attached hydrogens (tertiary/aromatic N) is 1. The first kappa shape index (κ1) is 15.0. The molecule has 0 aromatic carbocycles. The van der Waals surface area contributed by atoms with Crippen molar-refractivity contribution in [3.05, 3.63) is 27.5 Å². The molecule has 0 bridgehead atoms. The second-order valence-electron chi connectivity index (χ2n) is 3.44. The minimum atomic E-state index is -2.70. The van der Waals surface area contributed by atoms with Crippen LogP contribution >= 0.6 is 15.9 Å². The smallest absolute Gasteiger partial charge is 0.310 e. The van der Waals surface area contributed by atoms with Crippen LogP contribution in [0.2, 0.25) is 0 Å². The number of nitrogens with two attached hydrogens (primary N) is 1. The summed E-state index contributed by atoms with van der Waals surface area (Å²) in [4.78, 5) is 15.2. The van der Waals surface area contributed by atoms with E-state index in [4.69, 9.17) is 10.5 Å². The summed E-state index contributed by atoms with van der Waals surface area (Å²) in [6.45, 7) is 1.83. The molecular weight excluding hydrogens is 310 g/mol. The molecule has 0 radical (unpaired) electrons. The highest BCUT2D eigenvalue weighted by Gasteiger charge is 2.21. The number of hydrogen-bond donors (Lipinski definition) is 1. The first-order valence-corrected chi connectivity index (χ1v) is 6.10. The van der Waals surface area contributed by atoms with Crippen molar-refractivity contribution in [3.63, 3.8) is 0 Å². The Morgan fingerprint density at radius 3 is 2.78 bits per heavy atom. The van der Waals surface area contributed by atoms with Gasteiger partial charge in [-0.15, -0.1) is 0 Å². The van der Waals surface area contributed by atoms with Gasteiger partial charge in [-0.1, -0.05) is 0 Å². The molecule has 0 saturated heterocycles. The maximum atomic E-state index is 12.9. The molecule has 1 rings (SSSR count). The van der Waals surface area contributed by atoms with Gasteiger partial charge >= 0.3 is 5.97 Å². The summed E-state index contributed by atoms with van der Waals surface area (Å²) in [5.41, 5.74) is 5.56. The molecule has 0 aliphatic rings. The van der Waals surface area contributed by atoms with Crippen molar-refractivity contribution in [3.8, 4) is 0 Å². The number of alkyl halides is 2. The Bertz CT molecular complexity index is 441. The zero-order chi connectivity index (χ0) is 13.7. The SMILES string of the molecule is CCOC(=O)Cc1cnc(CN)c(C(F)F)c1Br. The summed E-state index contributed by atoms with van der Waals surface area (Å²) in [7, 11) is 0. The van der Waals surface area contributed by atoms with Crippen molar-refractivity contribution in [2.24, 2.45) is 5.73 Å². The molecule has 0 aliphatic carbocycles. The number of esters is 1. The second-order valence-corrected chi connectivity index (χ2v) is 4.24. The molecule has 1 aromatic rings. The van der Waals surface area contributed by atoms with Gasteiger partial charge in [0.05, 0.1) is 24.3 Å². The molecule has 0 amide bonds. The van der Waals surface area contributed by atoms with Crippen LogP contribution in [0.5, 0.6) is 0 Å². The molecule has 0 aliphatic heterocycles. The van der Waals surface area contributed by atoms with Crippen LogP contribution in [0.1, 0.15) is 30.2 Å². The summed E-state index contributed by atoms with van der Waals surface area (Å²) in [6.07, 6.45) is -1.45. The molecule has 2 N–H and O–H groups in total. The Kier molecular flexibility index (Phi) is 5.61. The molecule has 0 saturated carbocycles. The van der Waals surface area contributed by atoms with Crippen molar-refractivity contribution < 1.29 is 18.3 Å². The Hall–Kier alpha value is -1.08. The Morgan fingerprint density at radius 1 is 1.61 bits per heavy atom.